The molecule has 0 aliphatic rings. The number of carbonyl (C=O) groups is 3. The number of phosphoric acid groups is 2. The summed E-state index contributed by atoms with van der Waals surface area (Å²) in [6, 6.07) is 0. The molecule has 0 saturated carbocycles. The summed E-state index contributed by atoms with van der Waals surface area (Å²) >= 11 is 0. The Kier molecular flexibility index (Phi) is 93.5. The number of esters is 3. The van der Waals surface area contributed by atoms with Crippen molar-refractivity contribution in [1.82, 2.24) is 0 Å². The van der Waals surface area contributed by atoms with Gasteiger partial charge in [0.2, 0.25) is 0 Å². The number of allylic oxidation sites excluding steroid dienone is 30. The first-order valence-corrected chi connectivity index (χ1v) is 53.1. The molecule has 0 aromatic heterocycles. The zero-order chi connectivity index (χ0) is 90.7. The van der Waals surface area contributed by atoms with Crippen molar-refractivity contribution in [1.29, 1.82) is 0 Å². The molecule has 0 radical (unpaired) electrons. The van der Waals surface area contributed by atoms with Gasteiger partial charge < -0.3 is 34.2 Å². The Bertz CT molecular complexity index is 3000. The Morgan fingerprint density at radius 3 is 0.672 bits per heavy atom. The number of aliphatic hydroxyl groups excluding tert-OH is 2. The van der Waals surface area contributed by atoms with E-state index in [1.54, 1.807) is 0 Å². The molecule has 5 unspecified atom stereocenters. The molecular formula is C107H182O16P2. The molecule has 0 aliphatic heterocycles. The lowest BCUT2D eigenvalue weighted by Crippen LogP contribution is -2.30. The Hall–Kier alpha value is -5.35. The van der Waals surface area contributed by atoms with Crippen LogP contribution in [0.2, 0.25) is 0 Å². The molecule has 4 N–H and O–H groups in total. The van der Waals surface area contributed by atoms with E-state index in [0.717, 1.165) is 173 Å². The van der Waals surface area contributed by atoms with Crippen molar-refractivity contribution in [2.45, 2.75) is 437 Å². The van der Waals surface area contributed by atoms with Gasteiger partial charge in [-0.1, -0.05) is 421 Å². The summed E-state index contributed by atoms with van der Waals surface area (Å²) in [5.74, 6) is -1.57. The van der Waals surface area contributed by atoms with Crippen molar-refractivity contribution in [2.75, 3.05) is 39.6 Å². The minimum atomic E-state index is -4.95. The van der Waals surface area contributed by atoms with Crippen LogP contribution in [0.3, 0.4) is 0 Å². The molecule has 0 heterocycles. The van der Waals surface area contributed by atoms with Crippen molar-refractivity contribution < 1.29 is 75.8 Å². The Labute approximate surface area is 764 Å². The van der Waals surface area contributed by atoms with Gasteiger partial charge in [-0.05, 0) is 161 Å². The SMILES string of the molecule is CC/C=C\C/C=C\C/C=C\C/C=C\C/C=C\C/C=C\CCCCCCCCCCC(=O)OC(COC(=O)CCCCCCCCCCCCCCCCC/C=C\C/C=C\C/C=C\C/C=C\CCCCC)COP(=O)(O)OCC(O)COP(=O)(O)OCC(O)COC(=O)CCCCCCCCCCCCCCCCC/C=C\C/C=C\C/C=C\C/C=C\C/C=C\CC. The molecule has 18 heteroatoms. The number of phosphoric ester groups is 2. The van der Waals surface area contributed by atoms with Crippen molar-refractivity contribution in [3.8, 4) is 0 Å². The number of hydrogen-bond acceptors (Lipinski definition) is 14. The molecule has 0 fully saturated rings. The maximum atomic E-state index is 13.1. The highest BCUT2D eigenvalue weighted by Crippen LogP contribution is 2.45. The predicted octanol–water partition coefficient (Wildman–Crippen LogP) is 31.6. The minimum absolute atomic E-state index is 0.0901. The Morgan fingerprint density at radius 1 is 0.232 bits per heavy atom. The summed E-state index contributed by atoms with van der Waals surface area (Å²) in [6.07, 6.45) is 129. The van der Waals surface area contributed by atoms with Gasteiger partial charge >= 0.3 is 33.6 Å². The van der Waals surface area contributed by atoms with Crippen LogP contribution in [-0.2, 0) is 55.8 Å². The van der Waals surface area contributed by atoms with Crippen LogP contribution in [-0.4, -0.2) is 95.9 Å². The maximum Gasteiger partial charge on any atom is 0.472 e. The highest BCUT2D eigenvalue weighted by atomic mass is 31.2. The maximum absolute atomic E-state index is 13.1. The second kappa shape index (κ2) is 97.7. The van der Waals surface area contributed by atoms with Crippen LogP contribution in [0, 0.1) is 0 Å². The summed E-state index contributed by atoms with van der Waals surface area (Å²) in [7, 11) is -9.82. The van der Waals surface area contributed by atoms with Gasteiger partial charge in [-0.2, -0.15) is 0 Å². The summed E-state index contributed by atoms with van der Waals surface area (Å²) in [5.41, 5.74) is 0. The van der Waals surface area contributed by atoms with E-state index < -0.39 is 91.5 Å². The monoisotopic (exact) mass is 1790 g/mol. The molecule has 16 nitrogen and oxygen atoms in total. The lowest BCUT2D eigenvalue weighted by molar-refractivity contribution is -0.161. The molecule has 0 amide bonds. The highest BCUT2D eigenvalue weighted by Gasteiger charge is 2.30. The van der Waals surface area contributed by atoms with Crippen molar-refractivity contribution in [3.05, 3.63) is 182 Å². The molecule has 0 aliphatic carbocycles. The Balaban J connectivity index is 4.64. The van der Waals surface area contributed by atoms with Gasteiger partial charge in [-0.25, -0.2) is 9.13 Å². The second-order valence-electron chi connectivity index (χ2n) is 33.2. The summed E-state index contributed by atoms with van der Waals surface area (Å²) in [5, 5.41) is 20.8. The van der Waals surface area contributed by atoms with Gasteiger partial charge in [0.25, 0.3) is 0 Å². The molecule has 0 aromatic rings. The van der Waals surface area contributed by atoms with E-state index in [4.69, 9.17) is 32.3 Å². The summed E-state index contributed by atoms with van der Waals surface area (Å²) in [6.45, 7) is 2.48. The van der Waals surface area contributed by atoms with Gasteiger partial charge in [0, 0.05) is 19.3 Å². The first-order chi connectivity index (χ1) is 61.2. The third-order valence-electron chi connectivity index (χ3n) is 21.1. The first-order valence-electron chi connectivity index (χ1n) is 50.1. The minimum Gasteiger partial charge on any atom is -0.463 e. The average Bonchev–Trinajstić information content (AvgIpc) is 0.904. The van der Waals surface area contributed by atoms with Gasteiger partial charge in [0.15, 0.2) is 6.10 Å². The van der Waals surface area contributed by atoms with Crippen LogP contribution in [0.15, 0.2) is 182 Å². The third-order valence-corrected chi connectivity index (χ3v) is 23.0. The first kappa shape index (κ1) is 120. The normalized spacial score (nSPS) is 14.5. The van der Waals surface area contributed by atoms with Crippen LogP contribution >= 0.6 is 15.6 Å². The zero-order valence-corrected chi connectivity index (χ0v) is 81.0. The zero-order valence-electron chi connectivity index (χ0n) is 79.2. The number of carbonyl (C=O) groups excluding carboxylic acids is 3. The fourth-order valence-electron chi connectivity index (χ4n) is 13.6. The van der Waals surface area contributed by atoms with E-state index >= 15 is 0 Å². The van der Waals surface area contributed by atoms with Gasteiger partial charge in [0.05, 0.1) is 26.4 Å². The number of hydrogen-bond donors (Lipinski definition) is 4. The fraction of sp³-hybridized carbons (Fsp3) is 0.692. The van der Waals surface area contributed by atoms with Gasteiger partial charge in [-0.3, -0.25) is 32.5 Å². The highest BCUT2D eigenvalue weighted by molar-refractivity contribution is 7.47. The van der Waals surface area contributed by atoms with Crippen LogP contribution in [0.5, 0.6) is 0 Å². The topological polar surface area (TPSA) is 231 Å². The van der Waals surface area contributed by atoms with E-state index in [1.807, 2.05) is 0 Å². The Morgan fingerprint density at radius 2 is 0.424 bits per heavy atom. The van der Waals surface area contributed by atoms with E-state index in [2.05, 4.69) is 203 Å². The number of aliphatic hydroxyl groups is 2. The number of unbranched alkanes of at least 4 members (excludes halogenated alkanes) is 41. The van der Waals surface area contributed by atoms with E-state index in [9.17, 15) is 43.5 Å². The van der Waals surface area contributed by atoms with Gasteiger partial charge in [-0.15, -0.1) is 0 Å². The molecule has 0 bridgehead atoms. The molecule has 0 saturated heterocycles. The lowest BCUT2D eigenvalue weighted by Gasteiger charge is -2.21. The largest absolute Gasteiger partial charge is 0.472 e. The number of ether oxygens (including phenoxy) is 3. The van der Waals surface area contributed by atoms with Crippen molar-refractivity contribution in [2.24, 2.45) is 0 Å². The van der Waals surface area contributed by atoms with Gasteiger partial charge in [0.1, 0.15) is 25.4 Å². The summed E-state index contributed by atoms with van der Waals surface area (Å²) in [4.78, 5) is 59.2. The smallest absolute Gasteiger partial charge is 0.463 e. The standard InChI is InChI=1S/C107H182O16P2/c1-4-7-10-13-16-19-22-25-28-31-34-37-40-43-46-48-50-52-55-57-60-63-66-69-72-75-78-81-84-87-90-93-105(110)117-96-102(108)97-119-124(113,114)120-98-103(109)99-121-125(115,116)122-101-104(123-107(112)95-92-89-86-83-80-77-74-71-68-65-62-59-54-45-42-39-36-33-30-27-24-21-18-15-12-9-6-3)100-118-106(111)94-91-88-85-82-79-76-73-70-67-64-61-58-56-53-51-49-47-44-41-38-35-32-29-26-23-20-17-14-11-8-5-2/h7,9-10,12,16-21,25-30,34-39,43-47,54,62,65,102-104,108-109H,4-6,8,11,13-15,22-24,31-33,40-42,48-53,55-61,63-64,66-101H2,1-3H3,(H,113,114)(H,115,116)/b10-7-,12-9-,19-16-,20-17-,21-18-,28-25-,29-26-,30-27-,37-34-,38-35-,39-36-,46-43-,47-44-,54-45-,65-62-. The van der Waals surface area contributed by atoms with Crippen LogP contribution < -0.4 is 0 Å². The molecular weight excluding hydrogens is 1600 g/mol. The van der Waals surface area contributed by atoms with E-state index in [-0.39, 0.29) is 19.3 Å². The summed E-state index contributed by atoms with van der Waals surface area (Å²) < 4.78 is 61.7. The molecule has 125 heavy (non-hydrogen) atoms. The third kappa shape index (κ3) is 99.1. The van der Waals surface area contributed by atoms with E-state index in [0.29, 0.717) is 19.3 Å². The van der Waals surface area contributed by atoms with Crippen LogP contribution in [0.25, 0.3) is 0 Å². The van der Waals surface area contributed by atoms with Crippen molar-refractivity contribution in [3.63, 3.8) is 0 Å². The molecule has 0 spiro atoms. The number of rotatable bonds is 94. The molecule has 716 valence electrons. The predicted molar refractivity (Wildman–Crippen MR) is 528 cm³/mol. The lowest BCUT2D eigenvalue weighted by atomic mass is 10.0. The second-order valence-corrected chi connectivity index (χ2v) is 36.1. The fourth-order valence-corrected chi connectivity index (χ4v) is 15.2. The molecule has 0 aromatic carbocycles. The van der Waals surface area contributed by atoms with E-state index in [1.165, 1.54) is 186 Å². The van der Waals surface area contributed by atoms with Crippen LogP contribution in [0.4, 0.5) is 0 Å². The quantitative estimate of drug-likeness (QED) is 0.0146. The molecule has 0 rings (SSSR count). The van der Waals surface area contributed by atoms with Crippen LogP contribution in [0.1, 0.15) is 419 Å². The van der Waals surface area contributed by atoms with Crippen molar-refractivity contribution >= 4 is 33.6 Å². The average molecular weight is 1790 g/mol. The molecule has 5 atom stereocenters.